The predicted molar refractivity (Wildman–Crippen MR) is 75.0 cm³/mol. The molecular formula is C13H20N2S. The Labute approximate surface area is 103 Å². The number of para-hydroxylation sites is 1. The molecule has 1 rings (SSSR count). The Morgan fingerprint density at radius 2 is 1.81 bits per heavy atom. The summed E-state index contributed by atoms with van der Waals surface area (Å²) in [5, 5.41) is 0. The van der Waals surface area contributed by atoms with Crippen LogP contribution in [0.5, 0.6) is 0 Å². The molecule has 0 aliphatic rings. The highest BCUT2D eigenvalue weighted by Crippen LogP contribution is 2.23. The number of thiocarbonyl (C=S) groups is 1. The molecule has 2 nitrogen and oxygen atoms in total. The molecular weight excluding hydrogens is 216 g/mol. The van der Waals surface area contributed by atoms with Gasteiger partial charge in [-0.2, -0.15) is 0 Å². The number of nitrogens with zero attached hydrogens (tertiary/aromatic N) is 1. The van der Waals surface area contributed by atoms with E-state index in [0.717, 1.165) is 11.3 Å². The van der Waals surface area contributed by atoms with Crippen LogP contribution in [-0.2, 0) is 0 Å². The van der Waals surface area contributed by atoms with E-state index in [1.54, 1.807) is 0 Å². The molecule has 88 valence electrons. The summed E-state index contributed by atoms with van der Waals surface area (Å²) in [6.07, 6.45) is 0. The van der Waals surface area contributed by atoms with Gasteiger partial charge in [-0.25, -0.2) is 0 Å². The second-order valence-corrected chi connectivity index (χ2v) is 4.92. The van der Waals surface area contributed by atoms with Gasteiger partial charge in [0.05, 0.1) is 0 Å². The van der Waals surface area contributed by atoms with Gasteiger partial charge in [-0.1, -0.05) is 38.2 Å². The van der Waals surface area contributed by atoms with Crippen LogP contribution in [0.15, 0.2) is 24.3 Å². The topological polar surface area (TPSA) is 29.3 Å². The molecule has 0 radical (unpaired) electrons. The van der Waals surface area contributed by atoms with Crippen molar-refractivity contribution in [1.29, 1.82) is 0 Å². The van der Waals surface area contributed by atoms with Gasteiger partial charge in [0.1, 0.15) is 4.99 Å². The van der Waals surface area contributed by atoms with Crippen LogP contribution >= 0.6 is 12.2 Å². The average molecular weight is 236 g/mol. The number of benzene rings is 1. The second-order valence-electron chi connectivity index (χ2n) is 4.48. The van der Waals surface area contributed by atoms with Crippen molar-refractivity contribution in [2.24, 2.45) is 11.7 Å². The molecule has 0 heterocycles. The maximum atomic E-state index is 5.73. The van der Waals surface area contributed by atoms with Gasteiger partial charge in [0.25, 0.3) is 0 Å². The smallest absolute Gasteiger partial charge is 0.106 e. The van der Waals surface area contributed by atoms with Gasteiger partial charge >= 0.3 is 0 Å². The average Bonchev–Trinajstić information content (AvgIpc) is 2.26. The lowest BCUT2D eigenvalue weighted by molar-refractivity contribution is 0.505. The van der Waals surface area contributed by atoms with Crippen molar-refractivity contribution in [2.45, 2.75) is 26.8 Å². The van der Waals surface area contributed by atoms with Crippen LogP contribution in [0.25, 0.3) is 0 Å². The van der Waals surface area contributed by atoms with Crippen molar-refractivity contribution in [3.8, 4) is 0 Å². The van der Waals surface area contributed by atoms with Gasteiger partial charge in [0.2, 0.25) is 0 Å². The van der Waals surface area contributed by atoms with Crippen molar-refractivity contribution in [3.05, 3.63) is 29.8 Å². The van der Waals surface area contributed by atoms with Gasteiger partial charge in [-0.15, -0.1) is 0 Å². The largest absolute Gasteiger partial charge is 0.389 e. The van der Waals surface area contributed by atoms with E-state index in [4.69, 9.17) is 18.0 Å². The normalized spacial score (nSPS) is 12.6. The molecule has 0 aromatic heterocycles. The SMILES string of the molecule is CC(C)C(C)N(C)c1ccccc1C(N)=S. The molecule has 0 fully saturated rings. The Hall–Kier alpha value is -1.09. The third-order valence-electron chi connectivity index (χ3n) is 3.13. The van der Waals surface area contributed by atoms with Crippen molar-refractivity contribution in [1.82, 2.24) is 0 Å². The Balaban J connectivity index is 3.08. The van der Waals surface area contributed by atoms with E-state index < -0.39 is 0 Å². The zero-order chi connectivity index (χ0) is 12.3. The zero-order valence-corrected chi connectivity index (χ0v) is 11.2. The maximum Gasteiger partial charge on any atom is 0.106 e. The highest BCUT2D eigenvalue weighted by molar-refractivity contribution is 7.80. The quantitative estimate of drug-likeness (QED) is 0.815. The van der Waals surface area contributed by atoms with Crippen LogP contribution in [0.4, 0.5) is 5.69 Å². The Kier molecular flexibility index (Phi) is 4.30. The lowest BCUT2D eigenvalue weighted by Gasteiger charge is -2.31. The van der Waals surface area contributed by atoms with E-state index in [0.29, 0.717) is 16.9 Å². The van der Waals surface area contributed by atoms with Crippen molar-refractivity contribution < 1.29 is 0 Å². The summed E-state index contributed by atoms with van der Waals surface area (Å²) in [5.74, 6) is 0.587. The van der Waals surface area contributed by atoms with Crippen LogP contribution in [-0.4, -0.2) is 18.1 Å². The maximum absolute atomic E-state index is 5.73. The fourth-order valence-electron chi connectivity index (χ4n) is 1.66. The van der Waals surface area contributed by atoms with Gasteiger partial charge in [-0.3, -0.25) is 0 Å². The second kappa shape index (κ2) is 5.30. The van der Waals surface area contributed by atoms with Gasteiger partial charge in [0, 0.05) is 24.3 Å². The number of anilines is 1. The molecule has 1 aromatic rings. The number of hydrogen-bond donors (Lipinski definition) is 1. The van der Waals surface area contributed by atoms with Crippen LogP contribution in [0, 0.1) is 5.92 Å². The number of hydrogen-bond acceptors (Lipinski definition) is 2. The molecule has 0 saturated heterocycles. The molecule has 0 amide bonds. The predicted octanol–water partition coefficient (Wildman–Crippen LogP) is 2.80. The zero-order valence-electron chi connectivity index (χ0n) is 10.4. The molecule has 0 bridgehead atoms. The van der Waals surface area contributed by atoms with Gasteiger partial charge in [-0.05, 0) is 25.0 Å². The van der Waals surface area contributed by atoms with Gasteiger partial charge in [0.15, 0.2) is 0 Å². The third kappa shape index (κ3) is 2.73. The van der Waals surface area contributed by atoms with Gasteiger partial charge < -0.3 is 10.6 Å². The molecule has 0 aliphatic heterocycles. The van der Waals surface area contributed by atoms with Crippen LogP contribution in [0.1, 0.15) is 26.3 Å². The van der Waals surface area contributed by atoms with Crippen LogP contribution in [0.2, 0.25) is 0 Å². The molecule has 0 aliphatic carbocycles. The highest BCUT2D eigenvalue weighted by atomic mass is 32.1. The summed E-state index contributed by atoms with van der Waals surface area (Å²) in [6, 6.07) is 8.47. The number of rotatable bonds is 4. The van der Waals surface area contributed by atoms with E-state index >= 15 is 0 Å². The minimum absolute atomic E-state index is 0.454. The van der Waals surface area contributed by atoms with Crippen molar-refractivity contribution >= 4 is 22.9 Å². The Morgan fingerprint density at radius 3 is 2.31 bits per heavy atom. The first-order valence-corrected chi connectivity index (χ1v) is 5.97. The first kappa shape index (κ1) is 13.0. The number of nitrogens with two attached hydrogens (primary N) is 1. The fraction of sp³-hybridized carbons (Fsp3) is 0.462. The highest BCUT2D eigenvalue weighted by Gasteiger charge is 2.16. The van der Waals surface area contributed by atoms with Crippen molar-refractivity contribution in [3.63, 3.8) is 0 Å². The Bertz CT molecular complexity index is 374. The van der Waals surface area contributed by atoms with E-state index in [2.05, 4.69) is 38.8 Å². The first-order valence-electron chi connectivity index (χ1n) is 5.56. The fourth-order valence-corrected chi connectivity index (χ4v) is 1.83. The lowest BCUT2D eigenvalue weighted by Crippen LogP contribution is -2.34. The summed E-state index contributed by atoms with van der Waals surface area (Å²) < 4.78 is 0. The summed E-state index contributed by atoms with van der Waals surface area (Å²) >= 11 is 5.07. The van der Waals surface area contributed by atoms with E-state index in [9.17, 15) is 0 Å². The monoisotopic (exact) mass is 236 g/mol. The standard InChI is InChI=1S/C13H20N2S/c1-9(2)10(3)15(4)12-8-6-5-7-11(12)13(14)16/h5-10H,1-4H3,(H2,14,16). The van der Waals surface area contributed by atoms with Crippen molar-refractivity contribution in [2.75, 3.05) is 11.9 Å². The molecule has 0 spiro atoms. The molecule has 3 heteroatoms. The Morgan fingerprint density at radius 1 is 1.25 bits per heavy atom. The van der Waals surface area contributed by atoms with E-state index in [1.165, 1.54) is 0 Å². The first-order chi connectivity index (χ1) is 7.45. The minimum Gasteiger partial charge on any atom is -0.389 e. The van der Waals surface area contributed by atoms with Crippen LogP contribution < -0.4 is 10.6 Å². The summed E-state index contributed by atoms with van der Waals surface area (Å²) in [5.41, 5.74) is 7.79. The molecule has 1 atom stereocenters. The molecule has 1 aromatic carbocycles. The summed E-state index contributed by atoms with van der Waals surface area (Å²) in [6.45, 7) is 6.64. The van der Waals surface area contributed by atoms with Crippen LogP contribution in [0.3, 0.4) is 0 Å². The molecule has 16 heavy (non-hydrogen) atoms. The van der Waals surface area contributed by atoms with E-state index in [1.807, 2.05) is 18.2 Å². The molecule has 0 saturated carbocycles. The molecule has 1 unspecified atom stereocenters. The summed E-state index contributed by atoms with van der Waals surface area (Å²) in [4.78, 5) is 2.69. The summed E-state index contributed by atoms with van der Waals surface area (Å²) in [7, 11) is 2.09. The minimum atomic E-state index is 0.454. The van der Waals surface area contributed by atoms with E-state index in [-0.39, 0.29) is 0 Å². The third-order valence-corrected chi connectivity index (χ3v) is 3.35. The lowest BCUT2D eigenvalue weighted by atomic mass is 10.0. The molecule has 2 N–H and O–H groups in total.